The van der Waals surface area contributed by atoms with Crippen molar-refractivity contribution in [3.63, 3.8) is 0 Å². The third-order valence-electron chi connectivity index (χ3n) is 3.06. The van der Waals surface area contributed by atoms with Gasteiger partial charge in [-0.1, -0.05) is 48.0 Å². The lowest BCUT2D eigenvalue weighted by Crippen LogP contribution is -2.04. The first-order chi connectivity index (χ1) is 9.08. The molecule has 0 amide bonds. The van der Waals surface area contributed by atoms with Crippen molar-refractivity contribution in [2.75, 3.05) is 0 Å². The number of nitro groups is 1. The number of hydrogen-bond donors (Lipinski definition) is 1. The molecule has 0 aromatic heterocycles. The van der Waals surface area contributed by atoms with E-state index < -0.39 is 11.0 Å². The van der Waals surface area contributed by atoms with E-state index in [0.29, 0.717) is 5.56 Å². The molecule has 4 heteroatoms. The highest BCUT2D eigenvalue weighted by Crippen LogP contribution is 2.24. The van der Waals surface area contributed by atoms with E-state index in [1.807, 2.05) is 31.2 Å². The van der Waals surface area contributed by atoms with Crippen LogP contribution in [0.3, 0.4) is 0 Å². The van der Waals surface area contributed by atoms with Crippen molar-refractivity contribution in [3.05, 3.63) is 75.3 Å². The number of para-hydroxylation sites is 1. The smallest absolute Gasteiger partial charge is 0.272 e. The van der Waals surface area contributed by atoms with Crippen LogP contribution < -0.4 is 0 Å². The molecule has 0 spiro atoms. The van der Waals surface area contributed by atoms with Crippen LogP contribution >= 0.6 is 0 Å². The van der Waals surface area contributed by atoms with Crippen molar-refractivity contribution in [2.24, 2.45) is 0 Å². The van der Waals surface area contributed by atoms with Crippen LogP contribution in [0, 0.1) is 17.0 Å². The molecular weight excluding hydrogens is 242 g/mol. The van der Waals surface area contributed by atoms with Crippen LogP contribution in [0.5, 0.6) is 0 Å². The van der Waals surface area contributed by atoms with Crippen LogP contribution in [0.1, 0.15) is 22.8 Å². The van der Waals surface area contributed by atoms with Gasteiger partial charge in [-0.05, 0) is 12.5 Å². The summed E-state index contributed by atoms with van der Waals surface area (Å²) < 4.78 is 0. The molecule has 0 bridgehead atoms. The van der Waals surface area contributed by atoms with Crippen molar-refractivity contribution in [1.29, 1.82) is 0 Å². The Kier molecular flexibility index (Phi) is 3.92. The summed E-state index contributed by atoms with van der Waals surface area (Å²) >= 11 is 0. The van der Waals surface area contributed by atoms with Crippen LogP contribution in [0.15, 0.2) is 48.5 Å². The van der Waals surface area contributed by atoms with Crippen molar-refractivity contribution in [2.45, 2.75) is 19.4 Å². The van der Waals surface area contributed by atoms with E-state index >= 15 is 0 Å². The molecule has 0 saturated carbocycles. The molecule has 98 valence electrons. The fourth-order valence-electron chi connectivity index (χ4n) is 1.98. The van der Waals surface area contributed by atoms with E-state index in [9.17, 15) is 15.2 Å². The Hall–Kier alpha value is -2.20. The van der Waals surface area contributed by atoms with Gasteiger partial charge in [0.2, 0.25) is 0 Å². The predicted molar refractivity (Wildman–Crippen MR) is 72.9 cm³/mol. The molecule has 0 saturated heterocycles. The average molecular weight is 257 g/mol. The minimum atomic E-state index is -0.735. The Morgan fingerprint density at radius 2 is 1.79 bits per heavy atom. The number of hydrogen-bond acceptors (Lipinski definition) is 3. The van der Waals surface area contributed by atoms with Gasteiger partial charge < -0.3 is 5.11 Å². The summed E-state index contributed by atoms with van der Waals surface area (Å²) in [6.45, 7) is 1.97. The zero-order chi connectivity index (χ0) is 13.8. The standard InChI is InChI=1S/C15H15NO3/c1-11-6-8-12(9-7-11)15(17)10-13-4-2-3-5-14(13)16(18)19/h2-9,15,17H,10H2,1H3. The van der Waals surface area contributed by atoms with Crippen LogP contribution in [0.2, 0.25) is 0 Å². The average Bonchev–Trinajstić information content (AvgIpc) is 2.39. The predicted octanol–water partition coefficient (Wildman–Crippen LogP) is 3.18. The Morgan fingerprint density at radius 1 is 1.16 bits per heavy atom. The molecule has 2 rings (SSSR count). The number of nitrogens with zero attached hydrogens (tertiary/aromatic N) is 1. The summed E-state index contributed by atoms with van der Waals surface area (Å²) in [6, 6.07) is 14.0. The van der Waals surface area contributed by atoms with Gasteiger partial charge in [0.25, 0.3) is 5.69 Å². The molecule has 1 N–H and O–H groups in total. The van der Waals surface area contributed by atoms with E-state index in [-0.39, 0.29) is 12.1 Å². The lowest BCUT2D eigenvalue weighted by molar-refractivity contribution is -0.385. The summed E-state index contributed by atoms with van der Waals surface area (Å²) in [5, 5.41) is 21.1. The highest BCUT2D eigenvalue weighted by atomic mass is 16.6. The Labute approximate surface area is 111 Å². The topological polar surface area (TPSA) is 63.4 Å². The number of aliphatic hydroxyl groups excluding tert-OH is 1. The molecule has 0 fully saturated rings. The van der Waals surface area contributed by atoms with E-state index in [0.717, 1.165) is 11.1 Å². The fourth-order valence-corrected chi connectivity index (χ4v) is 1.98. The first-order valence-electron chi connectivity index (χ1n) is 6.05. The third kappa shape index (κ3) is 3.17. The third-order valence-corrected chi connectivity index (χ3v) is 3.06. The lowest BCUT2D eigenvalue weighted by atomic mass is 9.99. The second-order valence-electron chi connectivity index (χ2n) is 4.52. The second-order valence-corrected chi connectivity index (χ2v) is 4.52. The maximum atomic E-state index is 10.9. The number of benzene rings is 2. The van der Waals surface area contributed by atoms with Crippen molar-refractivity contribution in [1.82, 2.24) is 0 Å². The van der Waals surface area contributed by atoms with Crippen molar-refractivity contribution >= 4 is 5.69 Å². The molecule has 0 aliphatic rings. The van der Waals surface area contributed by atoms with Gasteiger partial charge in [-0.25, -0.2) is 0 Å². The van der Waals surface area contributed by atoms with Crippen LogP contribution in [-0.4, -0.2) is 10.0 Å². The maximum Gasteiger partial charge on any atom is 0.272 e. The van der Waals surface area contributed by atoms with E-state index in [4.69, 9.17) is 0 Å². The summed E-state index contributed by atoms with van der Waals surface area (Å²) in [4.78, 5) is 10.5. The van der Waals surface area contributed by atoms with Crippen LogP contribution in [-0.2, 0) is 6.42 Å². The quantitative estimate of drug-likeness (QED) is 0.675. The molecular formula is C15H15NO3. The normalized spacial score (nSPS) is 12.1. The summed E-state index contributed by atoms with van der Waals surface area (Å²) in [7, 11) is 0. The first kappa shape index (κ1) is 13.2. The van der Waals surface area contributed by atoms with Gasteiger partial charge >= 0.3 is 0 Å². The zero-order valence-electron chi connectivity index (χ0n) is 10.6. The van der Waals surface area contributed by atoms with Gasteiger partial charge in [-0.2, -0.15) is 0 Å². The summed E-state index contributed by atoms with van der Waals surface area (Å²) in [5.41, 5.74) is 2.47. The van der Waals surface area contributed by atoms with E-state index in [1.54, 1.807) is 18.2 Å². The molecule has 0 heterocycles. The van der Waals surface area contributed by atoms with Gasteiger partial charge in [-0.3, -0.25) is 10.1 Å². The SMILES string of the molecule is Cc1ccc(C(O)Cc2ccccc2[N+](=O)[O-])cc1. The Morgan fingerprint density at radius 3 is 2.42 bits per heavy atom. The number of rotatable bonds is 4. The number of aryl methyl sites for hydroxylation is 1. The number of aliphatic hydroxyl groups is 1. The molecule has 1 atom stereocenters. The maximum absolute atomic E-state index is 10.9. The second kappa shape index (κ2) is 5.63. The largest absolute Gasteiger partial charge is 0.388 e. The van der Waals surface area contributed by atoms with Gasteiger partial charge in [0.05, 0.1) is 11.0 Å². The molecule has 4 nitrogen and oxygen atoms in total. The highest BCUT2D eigenvalue weighted by molar-refractivity contribution is 5.40. The molecule has 0 radical (unpaired) electrons. The van der Waals surface area contributed by atoms with Crippen LogP contribution in [0.25, 0.3) is 0 Å². The monoisotopic (exact) mass is 257 g/mol. The van der Waals surface area contributed by atoms with Gasteiger partial charge in [0.1, 0.15) is 0 Å². The van der Waals surface area contributed by atoms with Gasteiger partial charge in [0.15, 0.2) is 0 Å². The molecule has 2 aromatic carbocycles. The minimum Gasteiger partial charge on any atom is -0.388 e. The van der Waals surface area contributed by atoms with Gasteiger partial charge in [-0.15, -0.1) is 0 Å². The van der Waals surface area contributed by atoms with Crippen molar-refractivity contribution < 1.29 is 10.0 Å². The Bertz CT molecular complexity index is 578. The van der Waals surface area contributed by atoms with Crippen LogP contribution in [0.4, 0.5) is 5.69 Å². The minimum absolute atomic E-state index is 0.0497. The Balaban J connectivity index is 2.21. The molecule has 1 unspecified atom stereocenters. The molecule has 19 heavy (non-hydrogen) atoms. The van der Waals surface area contributed by atoms with E-state index in [1.165, 1.54) is 6.07 Å². The number of nitro benzene ring substituents is 1. The fraction of sp³-hybridized carbons (Fsp3) is 0.200. The van der Waals surface area contributed by atoms with Crippen molar-refractivity contribution in [3.8, 4) is 0 Å². The molecule has 0 aliphatic heterocycles. The zero-order valence-corrected chi connectivity index (χ0v) is 10.6. The summed E-state index contributed by atoms with van der Waals surface area (Å²) in [6.07, 6.45) is -0.498. The lowest BCUT2D eigenvalue weighted by Gasteiger charge is -2.11. The molecule has 2 aromatic rings. The molecule has 0 aliphatic carbocycles. The van der Waals surface area contributed by atoms with Gasteiger partial charge in [0, 0.05) is 18.1 Å². The summed E-state index contributed by atoms with van der Waals surface area (Å²) in [5.74, 6) is 0. The first-order valence-corrected chi connectivity index (χ1v) is 6.05. The van der Waals surface area contributed by atoms with E-state index in [2.05, 4.69) is 0 Å². The highest BCUT2D eigenvalue weighted by Gasteiger charge is 2.16.